The van der Waals surface area contributed by atoms with Crippen LogP contribution in [0.3, 0.4) is 0 Å². The third-order valence-corrected chi connectivity index (χ3v) is 3.33. The van der Waals surface area contributed by atoms with Crippen molar-refractivity contribution in [2.45, 2.75) is 52.9 Å². The summed E-state index contributed by atoms with van der Waals surface area (Å²) in [6.07, 6.45) is 7.40. The van der Waals surface area contributed by atoms with Gasteiger partial charge in [-0.2, -0.15) is 0 Å². The molecule has 1 atom stereocenters. The van der Waals surface area contributed by atoms with Crippen LogP contribution in [0.2, 0.25) is 0 Å². The third-order valence-electron chi connectivity index (χ3n) is 3.33. The molecule has 1 unspecified atom stereocenters. The standard InChI is InChI=1S/C11H22/c1-4-11(9(2)3)10-7-5-6-8-10/h9-11H,4-8H2,1-3H3. The van der Waals surface area contributed by atoms with Crippen LogP contribution in [0, 0.1) is 17.8 Å². The number of hydrogen-bond donors (Lipinski definition) is 0. The van der Waals surface area contributed by atoms with Gasteiger partial charge in [-0.25, -0.2) is 0 Å². The predicted molar refractivity (Wildman–Crippen MR) is 50.6 cm³/mol. The van der Waals surface area contributed by atoms with Crippen molar-refractivity contribution in [2.24, 2.45) is 17.8 Å². The molecule has 0 aromatic carbocycles. The first-order valence-electron chi connectivity index (χ1n) is 5.25. The van der Waals surface area contributed by atoms with Gasteiger partial charge in [0.25, 0.3) is 0 Å². The second kappa shape index (κ2) is 4.13. The Morgan fingerprint density at radius 2 is 1.73 bits per heavy atom. The summed E-state index contributed by atoms with van der Waals surface area (Å²) in [6, 6.07) is 0. The summed E-state index contributed by atoms with van der Waals surface area (Å²) in [5.74, 6) is 2.99. The van der Waals surface area contributed by atoms with E-state index in [1.165, 1.54) is 32.1 Å². The van der Waals surface area contributed by atoms with Crippen molar-refractivity contribution in [3.63, 3.8) is 0 Å². The lowest BCUT2D eigenvalue weighted by Gasteiger charge is -2.25. The lowest BCUT2D eigenvalue weighted by Crippen LogP contribution is -2.16. The van der Waals surface area contributed by atoms with Crippen molar-refractivity contribution < 1.29 is 0 Å². The van der Waals surface area contributed by atoms with Gasteiger partial charge in [-0.1, -0.05) is 52.9 Å². The van der Waals surface area contributed by atoms with Crippen molar-refractivity contribution in [2.75, 3.05) is 0 Å². The van der Waals surface area contributed by atoms with Crippen LogP contribution >= 0.6 is 0 Å². The van der Waals surface area contributed by atoms with Crippen LogP contribution in [-0.4, -0.2) is 0 Å². The topological polar surface area (TPSA) is 0 Å². The van der Waals surface area contributed by atoms with E-state index < -0.39 is 0 Å². The molecule has 0 nitrogen and oxygen atoms in total. The van der Waals surface area contributed by atoms with Gasteiger partial charge in [0.1, 0.15) is 0 Å². The zero-order chi connectivity index (χ0) is 8.27. The third kappa shape index (κ3) is 2.21. The van der Waals surface area contributed by atoms with Crippen LogP contribution < -0.4 is 0 Å². The lowest BCUT2D eigenvalue weighted by atomic mass is 9.81. The Bertz CT molecular complexity index is 98.6. The van der Waals surface area contributed by atoms with Crippen LogP contribution in [0.1, 0.15) is 52.9 Å². The largest absolute Gasteiger partial charge is 0.0651 e. The SMILES string of the molecule is CCC(C(C)C)C1CCCC1. The molecular formula is C11H22. The second-order valence-electron chi connectivity index (χ2n) is 4.36. The molecule has 1 saturated carbocycles. The van der Waals surface area contributed by atoms with Gasteiger partial charge in [-0.15, -0.1) is 0 Å². The van der Waals surface area contributed by atoms with Crippen LogP contribution in [0.5, 0.6) is 0 Å². The fraction of sp³-hybridized carbons (Fsp3) is 1.00. The number of hydrogen-bond acceptors (Lipinski definition) is 0. The van der Waals surface area contributed by atoms with Crippen molar-refractivity contribution >= 4 is 0 Å². The zero-order valence-corrected chi connectivity index (χ0v) is 8.27. The summed E-state index contributed by atoms with van der Waals surface area (Å²) in [5.41, 5.74) is 0. The zero-order valence-electron chi connectivity index (χ0n) is 8.27. The second-order valence-corrected chi connectivity index (χ2v) is 4.36. The molecule has 0 N–H and O–H groups in total. The molecule has 0 radical (unpaired) electrons. The first kappa shape index (κ1) is 9.09. The van der Waals surface area contributed by atoms with E-state index in [1.807, 2.05) is 0 Å². The van der Waals surface area contributed by atoms with Gasteiger partial charge in [-0.05, 0) is 17.8 Å². The Morgan fingerprint density at radius 1 is 1.18 bits per heavy atom. The molecule has 0 saturated heterocycles. The van der Waals surface area contributed by atoms with Gasteiger partial charge in [-0.3, -0.25) is 0 Å². The monoisotopic (exact) mass is 154 g/mol. The Hall–Kier alpha value is 0. The molecule has 0 amide bonds. The average molecular weight is 154 g/mol. The Morgan fingerprint density at radius 3 is 2.09 bits per heavy atom. The quantitative estimate of drug-likeness (QED) is 0.579. The van der Waals surface area contributed by atoms with Crippen LogP contribution in [0.4, 0.5) is 0 Å². The fourth-order valence-electron chi connectivity index (χ4n) is 2.73. The molecule has 0 aromatic rings. The molecule has 1 aliphatic rings. The number of rotatable bonds is 3. The van der Waals surface area contributed by atoms with E-state index in [2.05, 4.69) is 20.8 Å². The highest BCUT2D eigenvalue weighted by molar-refractivity contribution is 4.76. The van der Waals surface area contributed by atoms with E-state index in [-0.39, 0.29) is 0 Å². The predicted octanol–water partition coefficient (Wildman–Crippen LogP) is 3.86. The summed E-state index contributed by atoms with van der Waals surface area (Å²) in [7, 11) is 0. The summed E-state index contributed by atoms with van der Waals surface area (Å²) in [4.78, 5) is 0. The maximum absolute atomic E-state index is 2.38. The minimum absolute atomic E-state index is 0.906. The van der Waals surface area contributed by atoms with Gasteiger partial charge >= 0.3 is 0 Å². The van der Waals surface area contributed by atoms with Gasteiger partial charge in [0, 0.05) is 0 Å². The normalized spacial score (nSPS) is 22.9. The highest BCUT2D eigenvalue weighted by Gasteiger charge is 2.25. The average Bonchev–Trinajstić information content (AvgIpc) is 2.40. The molecule has 66 valence electrons. The Balaban J connectivity index is 2.40. The smallest absolute Gasteiger partial charge is 0.0365 e. The minimum atomic E-state index is 0.906. The molecule has 1 fully saturated rings. The maximum atomic E-state index is 2.38. The summed E-state index contributed by atoms with van der Waals surface area (Å²) < 4.78 is 0. The highest BCUT2D eigenvalue weighted by Crippen LogP contribution is 2.36. The maximum Gasteiger partial charge on any atom is -0.0365 e. The van der Waals surface area contributed by atoms with Crippen molar-refractivity contribution in [1.29, 1.82) is 0 Å². The van der Waals surface area contributed by atoms with Crippen LogP contribution in [0.15, 0.2) is 0 Å². The van der Waals surface area contributed by atoms with Crippen LogP contribution in [-0.2, 0) is 0 Å². The highest BCUT2D eigenvalue weighted by atomic mass is 14.3. The summed E-state index contributed by atoms with van der Waals surface area (Å²) >= 11 is 0. The molecular weight excluding hydrogens is 132 g/mol. The first-order chi connectivity index (χ1) is 5.25. The van der Waals surface area contributed by atoms with E-state index in [0.29, 0.717) is 0 Å². The molecule has 1 rings (SSSR count). The van der Waals surface area contributed by atoms with Crippen molar-refractivity contribution in [3.8, 4) is 0 Å². The van der Waals surface area contributed by atoms with E-state index >= 15 is 0 Å². The molecule has 11 heavy (non-hydrogen) atoms. The van der Waals surface area contributed by atoms with Crippen molar-refractivity contribution in [3.05, 3.63) is 0 Å². The van der Waals surface area contributed by atoms with Gasteiger partial charge < -0.3 is 0 Å². The van der Waals surface area contributed by atoms with Crippen LogP contribution in [0.25, 0.3) is 0 Å². The van der Waals surface area contributed by atoms with Crippen molar-refractivity contribution in [1.82, 2.24) is 0 Å². The summed E-state index contributed by atoms with van der Waals surface area (Å²) in [6.45, 7) is 7.11. The molecule has 0 heterocycles. The van der Waals surface area contributed by atoms with Gasteiger partial charge in [0.2, 0.25) is 0 Å². The minimum Gasteiger partial charge on any atom is -0.0651 e. The lowest BCUT2D eigenvalue weighted by molar-refractivity contribution is 0.249. The summed E-state index contributed by atoms with van der Waals surface area (Å²) in [5, 5.41) is 0. The molecule has 0 aromatic heterocycles. The Kier molecular flexibility index (Phi) is 3.42. The molecule has 0 bridgehead atoms. The molecule has 0 spiro atoms. The van der Waals surface area contributed by atoms with E-state index in [4.69, 9.17) is 0 Å². The Labute approximate surface area is 71.4 Å². The molecule has 1 aliphatic carbocycles. The van der Waals surface area contributed by atoms with Gasteiger partial charge in [0.05, 0.1) is 0 Å². The molecule has 0 aliphatic heterocycles. The van der Waals surface area contributed by atoms with E-state index in [0.717, 1.165) is 17.8 Å². The van der Waals surface area contributed by atoms with E-state index in [1.54, 1.807) is 0 Å². The first-order valence-corrected chi connectivity index (χ1v) is 5.25. The van der Waals surface area contributed by atoms with Gasteiger partial charge in [0.15, 0.2) is 0 Å². The fourth-order valence-corrected chi connectivity index (χ4v) is 2.73. The van der Waals surface area contributed by atoms with E-state index in [9.17, 15) is 0 Å². The molecule has 0 heteroatoms.